The predicted molar refractivity (Wildman–Crippen MR) is 57.2 cm³/mol. The van der Waals surface area contributed by atoms with Crippen LogP contribution in [0.25, 0.3) is 0 Å². The molecule has 0 radical (unpaired) electrons. The van der Waals surface area contributed by atoms with Gasteiger partial charge in [0.15, 0.2) is 12.1 Å². The van der Waals surface area contributed by atoms with E-state index in [1.54, 1.807) is 0 Å². The van der Waals surface area contributed by atoms with E-state index in [4.69, 9.17) is 4.74 Å². The van der Waals surface area contributed by atoms with Crippen molar-refractivity contribution >= 4 is 28.5 Å². The third-order valence-electron chi connectivity index (χ3n) is 2.79. The van der Waals surface area contributed by atoms with Crippen LogP contribution >= 0.6 is 22.6 Å². The van der Waals surface area contributed by atoms with Gasteiger partial charge in [-0.1, -0.05) is 29.5 Å². The standard InChI is InChI=1S/C9H15INO/c1-2-9-11-5-3-4-7(11)8(6-10)12-9/h7-8H,2-6H2,1H3/q+1/t7-,8?/m0/s1. The molecule has 0 aromatic rings. The van der Waals surface area contributed by atoms with Crippen molar-refractivity contribution < 1.29 is 9.31 Å². The molecule has 0 aromatic carbocycles. The van der Waals surface area contributed by atoms with Gasteiger partial charge in [0.25, 0.3) is 0 Å². The molecule has 2 nitrogen and oxygen atoms in total. The second-order valence-electron chi connectivity index (χ2n) is 3.46. The highest BCUT2D eigenvalue weighted by molar-refractivity contribution is 14.1. The fraction of sp³-hybridized carbons (Fsp3) is 0.889. The number of rotatable bonds is 2. The maximum Gasteiger partial charge on any atom is 0.336 e. The van der Waals surface area contributed by atoms with Crippen LogP contribution < -0.4 is 0 Å². The van der Waals surface area contributed by atoms with E-state index in [0.29, 0.717) is 12.1 Å². The van der Waals surface area contributed by atoms with Gasteiger partial charge in [0.1, 0.15) is 6.54 Å². The summed E-state index contributed by atoms with van der Waals surface area (Å²) in [6.45, 7) is 3.40. The van der Waals surface area contributed by atoms with Crippen molar-refractivity contribution in [2.45, 2.75) is 38.3 Å². The van der Waals surface area contributed by atoms with Gasteiger partial charge in [0.05, 0.1) is 6.42 Å². The van der Waals surface area contributed by atoms with Crippen molar-refractivity contribution in [1.29, 1.82) is 0 Å². The molecule has 1 fully saturated rings. The number of fused-ring (bicyclic) bond motifs is 1. The second kappa shape index (κ2) is 3.52. The van der Waals surface area contributed by atoms with Crippen molar-refractivity contribution in [1.82, 2.24) is 0 Å². The molecular formula is C9H15INO+. The summed E-state index contributed by atoms with van der Waals surface area (Å²) in [6.07, 6.45) is 4.22. The molecule has 0 bridgehead atoms. The minimum Gasteiger partial charge on any atom is -0.437 e. The first-order valence-corrected chi connectivity index (χ1v) is 6.24. The summed E-state index contributed by atoms with van der Waals surface area (Å²) in [5, 5.41) is 0. The molecule has 0 aliphatic carbocycles. The zero-order valence-corrected chi connectivity index (χ0v) is 9.58. The van der Waals surface area contributed by atoms with Crippen molar-refractivity contribution in [3.63, 3.8) is 0 Å². The van der Waals surface area contributed by atoms with E-state index in [1.807, 2.05) is 0 Å². The Hall–Kier alpha value is 0.200. The molecule has 0 saturated carbocycles. The van der Waals surface area contributed by atoms with E-state index in [2.05, 4.69) is 34.1 Å². The summed E-state index contributed by atoms with van der Waals surface area (Å²) in [5.41, 5.74) is 0. The highest BCUT2D eigenvalue weighted by atomic mass is 127. The zero-order valence-electron chi connectivity index (χ0n) is 7.42. The monoisotopic (exact) mass is 280 g/mol. The first-order valence-electron chi connectivity index (χ1n) is 4.72. The highest BCUT2D eigenvalue weighted by Crippen LogP contribution is 2.26. The number of halogens is 1. The summed E-state index contributed by atoms with van der Waals surface area (Å²) in [6, 6.07) is 0.705. The van der Waals surface area contributed by atoms with E-state index in [9.17, 15) is 0 Å². The normalized spacial score (nSPS) is 33.8. The fourth-order valence-electron chi connectivity index (χ4n) is 2.23. The Morgan fingerprint density at radius 3 is 3.17 bits per heavy atom. The third-order valence-corrected chi connectivity index (χ3v) is 3.66. The Balaban J connectivity index is 2.18. The van der Waals surface area contributed by atoms with Crippen LogP contribution in [-0.2, 0) is 4.74 Å². The summed E-state index contributed by atoms with van der Waals surface area (Å²) < 4.78 is 9.46. The van der Waals surface area contributed by atoms with Gasteiger partial charge in [-0.2, -0.15) is 4.58 Å². The fourth-order valence-corrected chi connectivity index (χ4v) is 3.00. The van der Waals surface area contributed by atoms with Crippen LogP contribution in [0, 0.1) is 0 Å². The first kappa shape index (κ1) is 8.78. The van der Waals surface area contributed by atoms with Crippen LogP contribution in [0.5, 0.6) is 0 Å². The number of hydrogen-bond acceptors (Lipinski definition) is 1. The zero-order chi connectivity index (χ0) is 8.55. The van der Waals surface area contributed by atoms with E-state index in [-0.39, 0.29) is 0 Å². The van der Waals surface area contributed by atoms with Crippen LogP contribution in [-0.4, -0.2) is 33.6 Å². The number of alkyl halides is 1. The molecule has 12 heavy (non-hydrogen) atoms. The van der Waals surface area contributed by atoms with Crippen molar-refractivity contribution in [2.75, 3.05) is 11.0 Å². The molecule has 0 aromatic heterocycles. The van der Waals surface area contributed by atoms with Gasteiger partial charge in [0, 0.05) is 17.3 Å². The lowest BCUT2D eigenvalue weighted by atomic mass is 10.1. The minimum atomic E-state index is 0.475. The molecule has 2 rings (SSSR count). The number of nitrogens with zero attached hydrogens (tertiary/aromatic N) is 1. The van der Waals surface area contributed by atoms with Gasteiger partial charge < -0.3 is 4.74 Å². The Labute approximate surface area is 87.1 Å². The molecule has 3 heteroatoms. The van der Waals surface area contributed by atoms with Gasteiger partial charge in [-0.25, -0.2) is 0 Å². The lowest BCUT2D eigenvalue weighted by Gasteiger charge is -2.07. The van der Waals surface area contributed by atoms with Crippen LogP contribution in [0.2, 0.25) is 0 Å². The van der Waals surface area contributed by atoms with Crippen molar-refractivity contribution in [3.8, 4) is 0 Å². The Morgan fingerprint density at radius 1 is 1.67 bits per heavy atom. The summed E-state index contributed by atoms with van der Waals surface area (Å²) in [7, 11) is 0. The predicted octanol–water partition coefficient (Wildman–Crippen LogP) is 1.80. The summed E-state index contributed by atoms with van der Waals surface area (Å²) in [5.74, 6) is 1.24. The molecule has 2 atom stereocenters. The molecule has 68 valence electrons. The minimum absolute atomic E-state index is 0.475. The molecular weight excluding hydrogens is 265 g/mol. The van der Waals surface area contributed by atoms with E-state index in [1.165, 1.54) is 25.3 Å². The van der Waals surface area contributed by atoms with Crippen LogP contribution in [0.4, 0.5) is 0 Å². The van der Waals surface area contributed by atoms with Gasteiger partial charge in [-0.15, -0.1) is 0 Å². The SMILES string of the molecule is CCC1=[N+]2CCC[C@H]2C(CI)O1. The largest absolute Gasteiger partial charge is 0.437 e. The molecule has 2 aliphatic rings. The molecule has 2 aliphatic heterocycles. The van der Waals surface area contributed by atoms with Gasteiger partial charge in [0.2, 0.25) is 0 Å². The lowest BCUT2D eigenvalue weighted by Crippen LogP contribution is -2.27. The van der Waals surface area contributed by atoms with Crippen LogP contribution in [0.3, 0.4) is 0 Å². The Morgan fingerprint density at radius 2 is 2.50 bits per heavy atom. The maximum atomic E-state index is 5.86. The summed E-state index contributed by atoms with van der Waals surface area (Å²) >= 11 is 2.43. The van der Waals surface area contributed by atoms with Crippen molar-refractivity contribution in [3.05, 3.63) is 0 Å². The molecule has 2 heterocycles. The molecule has 0 amide bonds. The quantitative estimate of drug-likeness (QED) is 0.427. The number of hydrogen-bond donors (Lipinski definition) is 0. The van der Waals surface area contributed by atoms with Crippen LogP contribution in [0.15, 0.2) is 0 Å². The lowest BCUT2D eigenvalue weighted by molar-refractivity contribution is -0.537. The van der Waals surface area contributed by atoms with E-state index in [0.717, 1.165) is 10.8 Å². The average Bonchev–Trinajstić information content (AvgIpc) is 2.63. The Bertz CT molecular complexity index is 215. The molecule has 0 spiro atoms. The van der Waals surface area contributed by atoms with Gasteiger partial charge in [-0.3, -0.25) is 0 Å². The summed E-state index contributed by atoms with van der Waals surface area (Å²) in [4.78, 5) is 0. The first-order chi connectivity index (χ1) is 5.86. The van der Waals surface area contributed by atoms with E-state index >= 15 is 0 Å². The smallest absolute Gasteiger partial charge is 0.336 e. The van der Waals surface area contributed by atoms with Gasteiger partial charge >= 0.3 is 5.90 Å². The third kappa shape index (κ3) is 1.26. The van der Waals surface area contributed by atoms with Crippen LogP contribution in [0.1, 0.15) is 26.2 Å². The average molecular weight is 280 g/mol. The number of ether oxygens (including phenoxy) is 1. The molecule has 1 unspecified atom stereocenters. The van der Waals surface area contributed by atoms with E-state index < -0.39 is 0 Å². The highest BCUT2D eigenvalue weighted by Gasteiger charge is 2.45. The van der Waals surface area contributed by atoms with Gasteiger partial charge in [-0.05, 0) is 0 Å². The topological polar surface area (TPSA) is 12.2 Å². The maximum absolute atomic E-state index is 5.86. The van der Waals surface area contributed by atoms with Crippen molar-refractivity contribution in [2.24, 2.45) is 0 Å². The Kier molecular flexibility index (Phi) is 2.57. The second-order valence-corrected chi connectivity index (χ2v) is 4.34. The molecule has 1 saturated heterocycles. The molecule has 0 N–H and O–H groups in total.